The number of rotatable bonds is 11. The van der Waals surface area contributed by atoms with Crippen molar-refractivity contribution in [3.05, 3.63) is 111 Å². The van der Waals surface area contributed by atoms with Crippen LogP contribution < -0.4 is 19.4 Å². The van der Waals surface area contributed by atoms with Gasteiger partial charge in [0.05, 0.1) is 32.5 Å². The smallest absolute Gasteiger partial charge is 0.416 e. The molecule has 3 fully saturated rings. The highest BCUT2D eigenvalue weighted by molar-refractivity contribution is 6.35. The normalized spacial score (nSPS) is 18.8. The maximum Gasteiger partial charge on any atom is 0.416 e. The number of hydrogen-bond donors (Lipinski definition) is 0. The van der Waals surface area contributed by atoms with Crippen LogP contribution in [0.2, 0.25) is 10.0 Å². The van der Waals surface area contributed by atoms with E-state index in [1.807, 2.05) is 0 Å². The van der Waals surface area contributed by atoms with Crippen molar-refractivity contribution in [2.45, 2.75) is 38.0 Å². The zero-order chi connectivity index (χ0) is 34.5. The molecule has 5 heterocycles. The summed E-state index contributed by atoms with van der Waals surface area (Å²) >= 11 is 12.9. The Kier molecular flexibility index (Phi) is 10.8. The second-order valence-electron chi connectivity index (χ2n) is 12.0. The van der Waals surface area contributed by atoms with E-state index in [1.54, 1.807) is 54.9 Å². The zero-order valence-corrected chi connectivity index (χ0v) is 28.5. The third-order valence-corrected chi connectivity index (χ3v) is 9.68. The van der Waals surface area contributed by atoms with Crippen LogP contribution in [0.4, 0.5) is 15.0 Å². The lowest BCUT2D eigenvalue weighted by Crippen LogP contribution is -2.53. The monoisotopic (exact) mass is 709 g/mol. The number of nitrogens with one attached hydrogen (secondary N) is 1. The number of nitrogens with zero attached hydrogens (tertiary/aromatic N) is 3. The Hall–Kier alpha value is -4.45. The number of benzene rings is 2. The molecule has 3 aliphatic rings. The van der Waals surface area contributed by atoms with Gasteiger partial charge in [-0.05, 0) is 79.4 Å². The van der Waals surface area contributed by atoms with Gasteiger partial charge in [-0.1, -0.05) is 41.4 Å². The van der Waals surface area contributed by atoms with Crippen molar-refractivity contribution < 1.29 is 37.9 Å². The number of piperidine rings is 3. The van der Waals surface area contributed by atoms with E-state index >= 15 is 0 Å². The van der Waals surface area contributed by atoms with Gasteiger partial charge in [-0.25, -0.2) is 23.9 Å². The van der Waals surface area contributed by atoms with E-state index in [1.165, 1.54) is 31.3 Å². The van der Waals surface area contributed by atoms with Crippen LogP contribution in [0.25, 0.3) is 0 Å². The summed E-state index contributed by atoms with van der Waals surface area (Å²) in [6, 6.07) is 14.6. The van der Waals surface area contributed by atoms with Crippen molar-refractivity contribution in [1.29, 1.82) is 0 Å². The van der Waals surface area contributed by atoms with Gasteiger partial charge < -0.3 is 18.9 Å². The van der Waals surface area contributed by atoms with Gasteiger partial charge in [0.15, 0.2) is 23.9 Å². The van der Waals surface area contributed by atoms with E-state index in [4.69, 9.17) is 42.1 Å². The van der Waals surface area contributed by atoms with Crippen molar-refractivity contribution >= 4 is 41.1 Å². The number of methoxy groups -OCH3 is 2. The van der Waals surface area contributed by atoms with Crippen LogP contribution in [0.3, 0.4) is 0 Å². The van der Waals surface area contributed by atoms with Gasteiger partial charge in [0.2, 0.25) is 0 Å². The summed E-state index contributed by atoms with van der Waals surface area (Å²) in [5, 5.41) is 0.788. The van der Waals surface area contributed by atoms with Gasteiger partial charge in [-0.2, -0.15) is 0 Å². The number of amides is 1. The van der Waals surface area contributed by atoms with Crippen molar-refractivity contribution in [2.75, 3.05) is 38.8 Å². The van der Waals surface area contributed by atoms with Crippen LogP contribution in [0.5, 0.6) is 11.5 Å². The summed E-state index contributed by atoms with van der Waals surface area (Å²) in [7, 11) is 3.06. The van der Waals surface area contributed by atoms with Crippen LogP contribution in [-0.4, -0.2) is 61.9 Å². The highest BCUT2D eigenvalue weighted by atomic mass is 35.5. The quantitative estimate of drug-likeness (QED) is 0.158. The molecule has 10 nitrogen and oxygen atoms in total. The lowest BCUT2D eigenvalue weighted by Gasteiger charge is -2.44. The second kappa shape index (κ2) is 15.4. The number of aromatic amines is 1. The molecule has 2 aromatic heterocycles. The van der Waals surface area contributed by atoms with Crippen LogP contribution in [0, 0.1) is 11.7 Å². The molecule has 3 aliphatic heterocycles. The first-order valence-corrected chi connectivity index (χ1v) is 16.7. The lowest BCUT2D eigenvalue weighted by molar-refractivity contribution is -0.377. The van der Waals surface area contributed by atoms with Crippen LogP contribution in [0.1, 0.15) is 46.0 Å². The van der Waals surface area contributed by atoms with E-state index in [9.17, 15) is 14.0 Å². The third kappa shape index (κ3) is 8.07. The minimum atomic E-state index is -0.787. The maximum absolute atomic E-state index is 13.7. The Morgan fingerprint density at radius 1 is 1.00 bits per heavy atom. The SMILES string of the molecule is COc1ccc([C@H](Cc2c(Cl)c[nH+]cc2Cl)OC(=O)c2ccc(CN(C(=O)O[C@H]3CN4CCC3CC4)c3ccc(F)cn3)cc2)cc1OC. The molecule has 4 aromatic rings. The number of halogens is 3. The second-order valence-corrected chi connectivity index (χ2v) is 12.8. The number of hydrogen-bond acceptors (Lipinski definition) is 8. The van der Waals surface area contributed by atoms with Crippen molar-refractivity contribution in [3.63, 3.8) is 0 Å². The first-order valence-electron chi connectivity index (χ1n) is 15.9. The number of ether oxygens (including phenoxy) is 4. The van der Waals surface area contributed by atoms with E-state index in [2.05, 4.69) is 14.9 Å². The zero-order valence-electron chi connectivity index (χ0n) is 27.0. The lowest BCUT2D eigenvalue weighted by atomic mass is 9.86. The first kappa shape index (κ1) is 34.4. The van der Waals surface area contributed by atoms with E-state index in [0.717, 1.165) is 32.1 Å². The summed E-state index contributed by atoms with van der Waals surface area (Å²) in [6.45, 7) is 2.81. The van der Waals surface area contributed by atoms with Gasteiger partial charge in [-0.15, -0.1) is 0 Å². The fraction of sp³-hybridized carbons (Fsp3) is 0.333. The van der Waals surface area contributed by atoms with Gasteiger partial charge >= 0.3 is 12.1 Å². The number of anilines is 1. The molecule has 7 rings (SSSR count). The Labute approximate surface area is 293 Å². The van der Waals surface area contributed by atoms with Gasteiger partial charge in [0.25, 0.3) is 0 Å². The van der Waals surface area contributed by atoms with Gasteiger partial charge in [0, 0.05) is 18.5 Å². The number of pyridine rings is 2. The predicted octanol–water partition coefficient (Wildman–Crippen LogP) is 6.74. The largest absolute Gasteiger partial charge is 0.493 e. The van der Waals surface area contributed by atoms with Gasteiger partial charge in [-0.3, -0.25) is 9.80 Å². The van der Waals surface area contributed by atoms with E-state index < -0.39 is 24.0 Å². The third-order valence-electron chi connectivity index (χ3n) is 9.00. The van der Waals surface area contributed by atoms with Crippen molar-refractivity contribution in [3.8, 4) is 11.5 Å². The summed E-state index contributed by atoms with van der Waals surface area (Å²) in [5.74, 6) is 0.465. The molecule has 0 spiro atoms. The number of H-pyrrole nitrogens is 1. The average molecular weight is 711 g/mol. The van der Waals surface area contributed by atoms with Crippen LogP contribution in [0.15, 0.2) is 73.2 Å². The number of aromatic nitrogens is 2. The molecule has 2 aromatic carbocycles. The van der Waals surface area contributed by atoms with Crippen LogP contribution >= 0.6 is 23.2 Å². The average Bonchev–Trinajstić information content (AvgIpc) is 3.12. The Balaban J connectivity index is 1.20. The summed E-state index contributed by atoms with van der Waals surface area (Å²) in [4.78, 5) is 37.8. The highest BCUT2D eigenvalue weighted by Crippen LogP contribution is 2.36. The fourth-order valence-electron chi connectivity index (χ4n) is 6.27. The topological polar surface area (TPSA) is 105 Å². The molecule has 0 radical (unpaired) electrons. The molecular formula is C36H36Cl2FN4O6+. The molecule has 0 saturated carbocycles. The Morgan fingerprint density at radius 2 is 1.71 bits per heavy atom. The summed E-state index contributed by atoms with van der Waals surface area (Å²) < 4.78 is 36.6. The summed E-state index contributed by atoms with van der Waals surface area (Å²) in [5.41, 5.74) is 2.23. The van der Waals surface area contributed by atoms with Crippen molar-refractivity contribution in [2.24, 2.45) is 5.92 Å². The molecular weight excluding hydrogens is 674 g/mol. The molecule has 0 aliphatic carbocycles. The van der Waals surface area contributed by atoms with E-state index in [0.29, 0.717) is 50.7 Å². The number of carbonyl (C=O) groups excluding carboxylic acids is 2. The van der Waals surface area contributed by atoms with Crippen LogP contribution in [-0.2, 0) is 22.4 Å². The molecule has 1 amide bonds. The standard InChI is InChI=1S/C36H35Cl2FN4O6/c1-46-30-9-7-25(15-32(30)47-2)31(16-27-28(37)18-40-19-29(27)38)48-35(44)24-5-3-22(4-6-24)20-43(34-10-8-26(39)17-41-34)36(45)49-33-21-42-13-11-23(33)12-14-42/h3-10,15,17-19,23,31,33H,11-14,16,20-21H2,1-2H3/p+1/t31-,33-/m0/s1. The molecule has 1 N–H and O–H groups in total. The molecule has 2 bridgehead atoms. The highest BCUT2D eigenvalue weighted by Gasteiger charge is 2.37. The molecule has 49 heavy (non-hydrogen) atoms. The Bertz CT molecular complexity index is 1770. The Morgan fingerprint density at radius 3 is 2.33 bits per heavy atom. The first-order chi connectivity index (χ1) is 23.7. The van der Waals surface area contributed by atoms with Crippen molar-refractivity contribution in [1.82, 2.24) is 9.88 Å². The molecule has 256 valence electrons. The fourth-order valence-corrected chi connectivity index (χ4v) is 6.80. The van der Waals surface area contributed by atoms with Gasteiger partial charge in [0.1, 0.15) is 33.9 Å². The minimum absolute atomic E-state index is 0.0875. The molecule has 2 atom stereocenters. The predicted molar refractivity (Wildman–Crippen MR) is 181 cm³/mol. The maximum atomic E-state index is 13.7. The minimum Gasteiger partial charge on any atom is -0.493 e. The summed E-state index contributed by atoms with van der Waals surface area (Å²) in [6.07, 6.45) is 4.87. The molecule has 3 saturated heterocycles. The number of esters is 1. The van der Waals surface area contributed by atoms with E-state index in [-0.39, 0.29) is 30.5 Å². The number of fused-ring (bicyclic) bond motifs is 3. The molecule has 0 unspecified atom stereocenters. The number of carbonyl (C=O) groups is 2. The molecule has 13 heteroatoms.